The lowest BCUT2D eigenvalue weighted by Crippen LogP contribution is -2.17. The minimum Gasteiger partial charge on any atom is -0.279 e. The van der Waals surface area contributed by atoms with E-state index in [0.717, 1.165) is 15.7 Å². The second-order valence-corrected chi connectivity index (χ2v) is 7.18. The lowest BCUT2D eigenvalue weighted by molar-refractivity contribution is -0.137. The summed E-state index contributed by atoms with van der Waals surface area (Å²) in [4.78, 5) is -0.189. The smallest absolute Gasteiger partial charge is 0.279 e. The average molecular weight is 445 g/mol. The van der Waals surface area contributed by atoms with Crippen LogP contribution in [-0.2, 0) is 16.2 Å². The molecule has 2 aromatic rings. The van der Waals surface area contributed by atoms with E-state index in [1.807, 2.05) is 27.3 Å². The Morgan fingerprint density at radius 3 is 2.14 bits per heavy atom. The number of sulfonamides is 1. The van der Waals surface area contributed by atoms with Crippen LogP contribution in [0, 0.1) is 9.39 Å². The van der Waals surface area contributed by atoms with Gasteiger partial charge in [-0.1, -0.05) is 0 Å². The molecule has 0 aliphatic heterocycles. The van der Waals surface area contributed by atoms with Gasteiger partial charge in [0.15, 0.2) is 0 Å². The van der Waals surface area contributed by atoms with Crippen molar-refractivity contribution in [3.8, 4) is 0 Å². The Morgan fingerprint density at radius 1 is 1.00 bits per heavy atom. The van der Waals surface area contributed by atoms with Gasteiger partial charge in [-0.05, 0) is 65.1 Å². The fraction of sp³-hybridized carbons (Fsp3) is 0.0769. The number of halogens is 5. The van der Waals surface area contributed by atoms with Gasteiger partial charge in [0.2, 0.25) is 0 Å². The first-order valence-electron chi connectivity index (χ1n) is 5.75. The van der Waals surface area contributed by atoms with Crippen molar-refractivity contribution in [2.45, 2.75) is 11.1 Å². The maximum absolute atomic E-state index is 13.0. The molecule has 0 radical (unpaired) electrons. The SMILES string of the molecule is O=S(=O)(Nc1ccc(F)cc1C(F)(F)F)c1ccc(I)cc1. The van der Waals surface area contributed by atoms with Gasteiger partial charge >= 0.3 is 6.18 Å². The van der Waals surface area contributed by atoms with Gasteiger partial charge in [0.1, 0.15) is 5.82 Å². The number of hydrogen-bond donors (Lipinski definition) is 1. The lowest BCUT2D eigenvalue weighted by Gasteiger charge is -2.15. The van der Waals surface area contributed by atoms with Gasteiger partial charge in [-0.3, -0.25) is 4.72 Å². The molecule has 0 aromatic heterocycles. The van der Waals surface area contributed by atoms with E-state index >= 15 is 0 Å². The third kappa shape index (κ3) is 3.88. The maximum Gasteiger partial charge on any atom is 0.418 e. The molecule has 0 saturated carbocycles. The Kier molecular flexibility index (Phi) is 4.66. The van der Waals surface area contributed by atoms with E-state index in [0.29, 0.717) is 0 Å². The molecule has 2 aromatic carbocycles. The van der Waals surface area contributed by atoms with Crippen LogP contribution in [0.4, 0.5) is 23.2 Å². The van der Waals surface area contributed by atoms with Crippen molar-refractivity contribution in [1.29, 1.82) is 0 Å². The highest BCUT2D eigenvalue weighted by Crippen LogP contribution is 2.36. The molecule has 0 bridgehead atoms. The van der Waals surface area contributed by atoms with Gasteiger partial charge in [-0.25, -0.2) is 12.8 Å². The van der Waals surface area contributed by atoms with Gasteiger partial charge < -0.3 is 0 Å². The third-order valence-corrected chi connectivity index (χ3v) is 4.76. The zero-order valence-corrected chi connectivity index (χ0v) is 13.6. The molecule has 0 saturated heterocycles. The first kappa shape index (κ1) is 17.0. The molecule has 22 heavy (non-hydrogen) atoms. The van der Waals surface area contributed by atoms with E-state index in [9.17, 15) is 26.0 Å². The molecular formula is C13H8F4INO2S. The van der Waals surface area contributed by atoms with Crippen LogP contribution in [0.3, 0.4) is 0 Å². The summed E-state index contributed by atoms with van der Waals surface area (Å²) in [5.41, 5.74) is -2.12. The molecule has 1 N–H and O–H groups in total. The molecule has 0 aliphatic rings. The van der Waals surface area contributed by atoms with Crippen molar-refractivity contribution >= 4 is 38.3 Å². The van der Waals surface area contributed by atoms with Crippen molar-refractivity contribution < 1.29 is 26.0 Å². The molecule has 0 spiro atoms. The predicted molar refractivity (Wildman–Crippen MR) is 81.4 cm³/mol. The molecule has 9 heteroatoms. The molecule has 3 nitrogen and oxygen atoms in total. The summed E-state index contributed by atoms with van der Waals surface area (Å²) in [5.74, 6) is -1.11. The zero-order valence-electron chi connectivity index (χ0n) is 10.7. The topological polar surface area (TPSA) is 46.2 Å². The number of hydrogen-bond acceptors (Lipinski definition) is 2. The summed E-state index contributed by atoms with van der Waals surface area (Å²) >= 11 is 1.96. The highest BCUT2D eigenvalue weighted by Gasteiger charge is 2.35. The number of nitrogens with one attached hydrogen (secondary N) is 1. The van der Waals surface area contributed by atoms with Crippen LogP contribution in [0.15, 0.2) is 47.4 Å². The Bertz CT molecular complexity index is 789. The molecule has 0 amide bonds. The fourth-order valence-corrected chi connectivity index (χ4v) is 3.10. The fourth-order valence-electron chi connectivity index (χ4n) is 1.66. The number of rotatable bonds is 3. The van der Waals surface area contributed by atoms with Crippen molar-refractivity contribution in [2.75, 3.05) is 4.72 Å². The average Bonchev–Trinajstić information content (AvgIpc) is 2.40. The first-order chi connectivity index (χ1) is 10.1. The van der Waals surface area contributed by atoms with Crippen LogP contribution in [0.25, 0.3) is 0 Å². The first-order valence-corrected chi connectivity index (χ1v) is 8.31. The van der Waals surface area contributed by atoms with Crippen molar-refractivity contribution in [1.82, 2.24) is 0 Å². The standard InChI is InChI=1S/C13H8F4INO2S/c14-8-1-6-12(11(7-8)13(15,16)17)19-22(20,21)10-4-2-9(18)3-5-10/h1-7,19H. The Balaban J connectivity index is 2.44. The van der Waals surface area contributed by atoms with Crippen LogP contribution >= 0.6 is 22.6 Å². The summed E-state index contributed by atoms with van der Waals surface area (Å²) in [5, 5.41) is 0. The van der Waals surface area contributed by atoms with Crippen LogP contribution in [0.1, 0.15) is 5.56 Å². The molecule has 2 rings (SSSR count). The highest BCUT2D eigenvalue weighted by molar-refractivity contribution is 14.1. The van der Waals surface area contributed by atoms with Gasteiger partial charge in [0.05, 0.1) is 16.1 Å². The van der Waals surface area contributed by atoms with E-state index in [1.165, 1.54) is 24.3 Å². The second-order valence-electron chi connectivity index (χ2n) is 4.25. The van der Waals surface area contributed by atoms with Crippen LogP contribution in [0.5, 0.6) is 0 Å². The Labute approximate surface area is 137 Å². The molecule has 0 aliphatic carbocycles. The molecule has 0 fully saturated rings. The molecule has 0 heterocycles. The zero-order chi connectivity index (χ0) is 16.5. The lowest BCUT2D eigenvalue weighted by atomic mass is 10.2. The largest absolute Gasteiger partial charge is 0.418 e. The minimum absolute atomic E-state index is 0.189. The van der Waals surface area contributed by atoms with E-state index in [2.05, 4.69) is 0 Å². The highest BCUT2D eigenvalue weighted by atomic mass is 127. The summed E-state index contributed by atoms with van der Waals surface area (Å²) < 4.78 is 78.4. The Hall–Kier alpha value is -1.36. The summed E-state index contributed by atoms with van der Waals surface area (Å²) in [6.45, 7) is 0. The molecular weight excluding hydrogens is 437 g/mol. The summed E-state index contributed by atoms with van der Waals surface area (Å²) in [6, 6.07) is 7.27. The van der Waals surface area contributed by atoms with Gasteiger partial charge in [0, 0.05) is 3.57 Å². The number of benzene rings is 2. The minimum atomic E-state index is -4.88. The monoisotopic (exact) mass is 445 g/mol. The molecule has 0 atom stereocenters. The predicted octanol–water partition coefficient (Wildman–Crippen LogP) is 4.25. The normalized spacial score (nSPS) is 12.2. The van der Waals surface area contributed by atoms with Crippen molar-refractivity contribution in [3.63, 3.8) is 0 Å². The molecule has 118 valence electrons. The maximum atomic E-state index is 13.0. The molecule has 0 unspecified atom stereocenters. The Morgan fingerprint density at radius 2 is 1.59 bits per heavy atom. The van der Waals surface area contributed by atoms with Gasteiger partial charge in [0.25, 0.3) is 10.0 Å². The van der Waals surface area contributed by atoms with Crippen molar-refractivity contribution in [2.24, 2.45) is 0 Å². The summed E-state index contributed by atoms with van der Waals surface area (Å²) in [6.07, 6.45) is -4.88. The van der Waals surface area contributed by atoms with Crippen LogP contribution in [-0.4, -0.2) is 8.42 Å². The van der Waals surface area contributed by atoms with E-state index < -0.39 is 33.3 Å². The number of anilines is 1. The summed E-state index contributed by atoms with van der Waals surface area (Å²) in [7, 11) is -4.20. The van der Waals surface area contributed by atoms with E-state index in [1.54, 1.807) is 0 Å². The van der Waals surface area contributed by atoms with Gasteiger partial charge in [-0.2, -0.15) is 13.2 Å². The van der Waals surface area contributed by atoms with Crippen LogP contribution < -0.4 is 4.72 Å². The third-order valence-electron chi connectivity index (χ3n) is 2.66. The van der Waals surface area contributed by atoms with Gasteiger partial charge in [-0.15, -0.1) is 0 Å². The van der Waals surface area contributed by atoms with E-state index in [4.69, 9.17) is 0 Å². The van der Waals surface area contributed by atoms with E-state index in [-0.39, 0.29) is 11.0 Å². The van der Waals surface area contributed by atoms with Crippen LogP contribution in [0.2, 0.25) is 0 Å². The van der Waals surface area contributed by atoms with Crippen molar-refractivity contribution in [3.05, 3.63) is 57.4 Å². The number of alkyl halides is 3. The quantitative estimate of drug-likeness (QED) is 0.568. The second kappa shape index (κ2) is 6.03.